The van der Waals surface area contributed by atoms with E-state index in [2.05, 4.69) is 46.5 Å². The highest BCUT2D eigenvalue weighted by Gasteiger charge is 2.28. The number of hydrogen-bond acceptors (Lipinski definition) is 12. The summed E-state index contributed by atoms with van der Waals surface area (Å²) in [5.41, 5.74) is 12.1. The SMILES string of the molecule is NC1CC(O)CCC1Nc1ncc(Sc2ccc(Br)cc2)cn1.NC1CC(O)CCC1Nc1ncc(Sc2ccc(Cl)cc2Cl)cn1. The number of halogens is 3. The number of aliphatic hydroxyl groups excluding tert-OH is 2. The van der Waals surface area contributed by atoms with E-state index in [9.17, 15) is 10.2 Å². The maximum atomic E-state index is 9.62. The summed E-state index contributed by atoms with van der Waals surface area (Å²) in [7, 11) is 0. The Morgan fingerprint density at radius 2 is 1.17 bits per heavy atom. The molecule has 0 amide bonds. The Kier molecular flexibility index (Phi) is 13.4. The molecule has 6 unspecified atom stereocenters. The molecule has 47 heavy (non-hydrogen) atoms. The molecule has 2 aliphatic carbocycles. The van der Waals surface area contributed by atoms with Crippen molar-refractivity contribution in [2.45, 2.75) is 94.5 Å². The average molecular weight is 781 g/mol. The number of nitrogens with one attached hydrogen (secondary N) is 2. The Balaban J connectivity index is 0.000000185. The van der Waals surface area contributed by atoms with E-state index in [1.165, 1.54) is 11.8 Å². The summed E-state index contributed by atoms with van der Waals surface area (Å²) in [6, 6.07) is 13.5. The van der Waals surface area contributed by atoms with E-state index in [-0.39, 0.29) is 36.4 Å². The fraction of sp³-hybridized carbons (Fsp3) is 0.375. The predicted molar refractivity (Wildman–Crippen MR) is 193 cm³/mol. The Bertz CT molecular complexity index is 1580. The van der Waals surface area contributed by atoms with Crippen LogP contribution in [-0.2, 0) is 0 Å². The van der Waals surface area contributed by atoms with E-state index in [0.29, 0.717) is 34.8 Å². The van der Waals surface area contributed by atoms with Gasteiger partial charge in [0.2, 0.25) is 11.9 Å². The summed E-state index contributed by atoms with van der Waals surface area (Å²) in [5, 5.41) is 27.0. The molecule has 250 valence electrons. The summed E-state index contributed by atoms with van der Waals surface area (Å²) in [6.07, 6.45) is 10.9. The van der Waals surface area contributed by atoms with Crippen LogP contribution in [0.5, 0.6) is 0 Å². The van der Waals surface area contributed by atoms with Gasteiger partial charge in [0.1, 0.15) is 0 Å². The van der Waals surface area contributed by atoms with Crippen molar-refractivity contribution in [2.75, 3.05) is 10.6 Å². The van der Waals surface area contributed by atoms with E-state index in [0.717, 1.165) is 49.7 Å². The monoisotopic (exact) mass is 778 g/mol. The smallest absolute Gasteiger partial charge is 0.222 e. The molecule has 2 aromatic heterocycles. The third kappa shape index (κ3) is 11.2. The van der Waals surface area contributed by atoms with Crippen LogP contribution in [-0.4, -0.2) is 66.5 Å². The van der Waals surface area contributed by atoms with E-state index >= 15 is 0 Å². The van der Waals surface area contributed by atoms with Crippen LogP contribution in [0, 0.1) is 0 Å². The molecule has 0 spiro atoms. The molecule has 4 aromatic rings. The van der Waals surface area contributed by atoms with Crippen LogP contribution in [0.15, 0.2) is 91.3 Å². The van der Waals surface area contributed by atoms with E-state index in [1.54, 1.807) is 36.3 Å². The molecule has 8 N–H and O–H groups in total. The first kappa shape index (κ1) is 36.1. The molecule has 2 heterocycles. The van der Waals surface area contributed by atoms with Crippen molar-refractivity contribution in [3.05, 3.63) is 81.8 Å². The highest BCUT2D eigenvalue weighted by Crippen LogP contribution is 2.34. The van der Waals surface area contributed by atoms with Crippen molar-refractivity contribution in [2.24, 2.45) is 11.5 Å². The number of nitrogens with two attached hydrogens (primary N) is 2. The van der Waals surface area contributed by atoms with Gasteiger partial charge in [-0.2, -0.15) is 0 Å². The molecule has 2 aliphatic rings. The molecule has 2 saturated carbocycles. The van der Waals surface area contributed by atoms with Gasteiger partial charge in [-0.3, -0.25) is 0 Å². The van der Waals surface area contributed by atoms with Gasteiger partial charge in [-0.15, -0.1) is 0 Å². The van der Waals surface area contributed by atoms with Crippen molar-refractivity contribution in [1.29, 1.82) is 0 Å². The fourth-order valence-corrected chi connectivity index (χ4v) is 7.57. The van der Waals surface area contributed by atoms with Crippen molar-refractivity contribution < 1.29 is 10.2 Å². The van der Waals surface area contributed by atoms with Crippen LogP contribution in [0.4, 0.5) is 11.9 Å². The van der Waals surface area contributed by atoms with Gasteiger partial charge in [0.15, 0.2) is 0 Å². The second-order valence-electron chi connectivity index (χ2n) is 11.5. The highest BCUT2D eigenvalue weighted by atomic mass is 79.9. The summed E-state index contributed by atoms with van der Waals surface area (Å²) in [6.45, 7) is 0. The molecular formula is C32H37BrCl2N8O2S2. The number of benzene rings is 2. The van der Waals surface area contributed by atoms with Gasteiger partial charge in [0.05, 0.1) is 17.2 Å². The minimum absolute atomic E-state index is 0.0702. The van der Waals surface area contributed by atoms with Crippen LogP contribution in [0.1, 0.15) is 38.5 Å². The number of rotatable bonds is 8. The molecule has 2 aromatic carbocycles. The quantitative estimate of drug-likeness (QED) is 0.113. The van der Waals surface area contributed by atoms with Crippen LogP contribution in [0.2, 0.25) is 10.0 Å². The van der Waals surface area contributed by atoms with E-state index in [1.807, 2.05) is 42.7 Å². The van der Waals surface area contributed by atoms with E-state index in [4.69, 9.17) is 34.7 Å². The number of anilines is 2. The fourth-order valence-electron chi connectivity index (χ4n) is 5.27. The summed E-state index contributed by atoms with van der Waals surface area (Å²) >= 11 is 18.6. The molecule has 0 radical (unpaired) electrons. The van der Waals surface area contributed by atoms with E-state index < -0.39 is 0 Å². The number of nitrogens with zero attached hydrogens (tertiary/aromatic N) is 4. The van der Waals surface area contributed by atoms with Gasteiger partial charge in [0.25, 0.3) is 0 Å². The lowest BCUT2D eigenvalue weighted by Crippen LogP contribution is -2.46. The Morgan fingerprint density at radius 3 is 1.64 bits per heavy atom. The second-order valence-corrected chi connectivity index (χ2v) is 15.5. The first-order chi connectivity index (χ1) is 22.6. The molecular weight excluding hydrogens is 743 g/mol. The van der Waals surface area contributed by atoms with Crippen molar-refractivity contribution in [3.63, 3.8) is 0 Å². The first-order valence-electron chi connectivity index (χ1n) is 15.2. The van der Waals surface area contributed by atoms with Crippen LogP contribution in [0.25, 0.3) is 0 Å². The minimum Gasteiger partial charge on any atom is -0.393 e. The standard InChI is InChI=1S/C16H19BrN4OS.C16H18Cl2N4OS/c17-10-1-4-12(5-2-10)23-13-8-19-16(20-9-13)21-15-6-3-11(22)7-14(15)18;17-9-1-4-15(12(18)5-9)24-11-7-20-16(21-8-11)22-14-3-2-10(23)6-13(14)19/h1-2,4-5,8-9,11,14-15,22H,3,6-7,18H2,(H,19,20,21);1,4-5,7-8,10,13-14,23H,2-3,6,19H2,(H,20,21,22). The zero-order valence-corrected chi connectivity index (χ0v) is 30.1. The molecule has 15 heteroatoms. The van der Waals surface area contributed by atoms with Crippen molar-refractivity contribution >= 4 is 74.6 Å². The largest absolute Gasteiger partial charge is 0.393 e. The normalized spacial score (nSPS) is 24.1. The lowest BCUT2D eigenvalue weighted by atomic mass is 9.89. The Labute approximate surface area is 301 Å². The molecule has 2 fully saturated rings. The van der Waals surface area contributed by atoms with Gasteiger partial charge < -0.3 is 32.3 Å². The third-order valence-corrected chi connectivity index (χ3v) is 11.0. The molecule has 10 nitrogen and oxygen atoms in total. The highest BCUT2D eigenvalue weighted by molar-refractivity contribution is 9.10. The Hall–Kier alpha value is -2.20. The summed E-state index contributed by atoms with van der Waals surface area (Å²) in [5.74, 6) is 1.13. The summed E-state index contributed by atoms with van der Waals surface area (Å²) in [4.78, 5) is 21.3. The molecule has 6 atom stereocenters. The third-order valence-electron chi connectivity index (χ3n) is 7.80. The molecule has 6 rings (SSSR count). The first-order valence-corrected chi connectivity index (χ1v) is 18.4. The van der Waals surface area contributed by atoms with Crippen molar-refractivity contribution in [1.82, 2.24) is 19.9 Å². The molecule has 0 saturated heterocycles. The lowest BCUT2D eigenvalue weighted by Gasteiger charge is -2.32. The minimum atomic E-state index is -0.304. The van der Waals surface area contributed by atoms with Gasteiger partial charge in [0, 0.05) is 78.0 Å². The van der Waals surface area contributed by atoms with Gasteiger partial charge in [-0.25, -0.2) is 19.9 Å². The average Bonchev–Trinajstić information content (AvgIpc) is 3.04. The van der Waals surface area contributed by atoms with Crippen molar-refractivity contribution in [3.8, 4) is 0 Å². The topological polar surface area (TPSA) is 168 Å². The number of aromatic nitrogens is 4. The van der Waals surface area contributed by atoms with Crippen LogP contribution < -0.4 is 22.1 Å². The van der Waals surface area contributed by atoms with Crippen LogP contribution >= 0.6 is 62.7 Å². The molecule has 0 bridgehead atoms. The lowest BCUT2D eigenvalue weighted by molar-refractivity contribution is 0.115. The number of hydrogen-bond donors (Lipinski definition) is 6. The maximum absolute atomic E-state index is 9.62. The van der Waals surface area contributed by atoms with Crippen LogP contribution in [0.3, 0.4) is 0 Å². The molecule has 0 aliphatic heterocycles. The van der Waals surface area contributed by atoms with Gasteiger partial charge >= 0.3 is 0 Å². The summed E-state index contributed by atoms with van der Waals surface area (Å²) < 4.78 is 1.06. The Morgan fingerprint density at radius 1 is 0.681 bits per heavy atom. The predicted octanol–water partition coefficient (Wildman–Crippen LogP) is 6.63. The van der Waals surface area contributed by atoms with Gasteiger partial charge in [-0.1, -0.05) is 62.7 Å². The zero-order valence-electron chi connectivity index (χ0n) is 25.3. The van der Waals surface area contributed by atoms with Gasteiger partial charge in [-0.05, 0) is 81.0 Å². The maximum Gasteiger partial charge on any atom is 0.222 e. The number of aliphatic hydroxyl groups is 2. The second kappa shape index (κ2) is 17.5. The zero-order chi connectivity index (χ0) is 33.3.